The van der Waals surface area contributed by atoms with Crippen LogP contribution in [0.15, 0.2) is 6.20 Å². The van der Waals surface area contributed by atoms with Gasteiger partial charge < -0.3 is 4.74 Å². The summed E-state index contributed by atoms with van der Waals surface area (Å²) in [5.41, 5.74) is 2.71. The van der Waals surface area contributed by atoms with Crippen LogP contribution in [0.3, 0.4) is 0 Å². The lowest BCUT2D eigenvalue weighted by molar-refractivity contribution is 0.0937. The van der Waals surface area contributed by atoms with Crippen molar-refractivity contribution in [3.63, 3.8) is 0 Å². The molecule has 0 unspecified atom stereocenters. The molecule has 0 aliphatic carbocycles. The quantitative estimate of drug-likeness (QED) is 0.755. The molecule has 0 radical (unpaired) electrons. The Morgan fingerprint density at radius 1 is 1.15 bits per heavy atom. The molecular formula is C15H28N4O. The van der Waals surface area contributed by atoms with Gasteiger partial charge in [-0.15, -0.1) is 0 Å². The van der Waals surface area contributed by atoms with Gasteiger partial charge in [-0.05, 0) is 13.3 Å². The third-order valence-electron chi connectivity index (χ3n) is 4.11. The van der Waals surface area contributed by atoms with Crippen LogP contribution in [0.5, 0.6) is 0 Å². The summed E-state index contributed by atoms with van der Waals surface area (Å²) in [6.07, 6.45) is 3.18. The van der Waals surface area contributed by atoms with Gasteiger partial charge in [-0.1, -0.05) is 6.92 Å². The molecule has 0 aromatic carbocycles. The Hall–Kier alpha value is -0.910. The van der Waals surface area contributed by atoms with E-state index in [0.717, 1.165) is 58.8 Å². The van der Waals surface area contributed by atoms with Gasteiger partial charge in [0.15, 0.2) is 0 Å². The summed E-state index contributed by atoms with van der Waals surface area (Å²) < 4.78 is 7.27. The van der Waals surface area contributed by atoms with Gasteiger partial charge in [0.25, 0.3) is 0 Å². The van der Waals surface area contributed by atoms with Gasteiger partial charge in [-0.2, -0.15) is 5.10 Å². The van der Waals surface area contributed by atoms with Gasteiger partial charge in [-0.25, -0.2) is 0 Å². The first kappa shape index (κ1) is 15.5. The van der Waals surface area contributed by atoms with Gasteiger partial charge in [0.05, 0.1) is 12.8 Å². The lowest BCUT2D eigenvalue weighted by atomic mass is 10.2. The Labute approximate surface area is 122 Å². The molecule has 0 bridgehead atoms. The van der Waals surface area contributed by atoms with E-state index in [-0.39, 0.29) is 0 Å². The third kappa shape index (κ3) is 4.04. The van der Waals surface area contributed by atoms with Crippen LogP contribution < -0.4 is 0 Å². The maximum atomic E-state index is 5.14. The molecular weight excluding hydrogens is 252 g/mol. The second kappa shape index (κ2) is 7.76. The maximum absolute atomic E-state index is 5.14. The van der Waals surface area contributed by atoms with Crippen molar-refractivity contribution in [1.29, 1.82) is 0 Å². The van der Waals surface area contributed by atoms with Crippen LogP contribution in [-0.2, 0) is 17.8 Å². The molecule has 0 spiro atoms. The fourth-order valence-corrected chi connectivity index (χ4v) is 2.71. The Bertz CT molecular complexity index is 397. The minimum absolute atomic E-state index is 0.836. The van der Waals surface area contributed by atoms with Crippen LogP contribution in [0.25, 0.3) is 0 Å². The summed E-state index contributed by atoms with van der Waals surface area (Å²) in [4.78, 5) is 5.01. The molecule has 20 heavy (non-hydrogen) atoms. The molecule has 0 amide bonds. The molecule has 1 aromatic rings. The molecule has 2 heterocycles. The molecule has 0 atom stereocenters. The zero-order valence-corrected chi connectivity index (χ0v) is 13.1. The van der Waals surface area contributed by atoms with Crippen molar-refractivity contribution < 1.29 is 4.74 Å². The highest BCUT2D eigenvalue weighted by Gasteiger charge is 2.18. The highest BCUT2D eigenvalue weighted by atomic mass is 16.5. The van der Waals surface area contributed by atoms with Crippen molar-refractivity contribution >= 4 is 0 Å². The SMILES string of the molecule is CCCn1ncc(CN2CCN(CCOC)CC2)c1C. The van der Waals surface area contributed by atoms with Crippen molar-refractivity contribution in [2.75, 3.05) is 46.4 Å². The van der Waals surface area contributed by atoms with Crippen LogP contribution >= 0.6 is 0 Å². The smallest absolute Gasteiger partial charge is 0.0589 e. The largest absolute Gasteiger partial charge is 0.383 e. The molecule has 5 nitrogen and oxygen atoms in total. The van der Waals surface area contributed by atoms with E-state index >= 15 is 0 Å². The second-order valence-electron chi connectivity index (χ2n) is 5.59. The molecule has 0 N–H and O–H groups in total. The van der Waals surface area contributed by atoms with Crippen molar-refractivity contribution in [3.8, 4) is 0 Å². The highest BCUT2D eigenvalue weighted by molar-refractivity contribution is 5.16. The number of aromatic nitrogens is 2. The predicted molar refractivity (Wildman–Crippen MR) is 80.8 cm³/mol. The van der Waals surface area contributed by atoms with Crippen LogP contribution in [-0.4, -0.2) is 66.0 Å². The zero-order chi connectivity index (χ0) is 14.4. The number of rotatable bonds is 7. The first-order valence-electron chi connectivity index (χ1n) is 7.69. The monoisotopic (exact) mass is 280 g/mol. The molecule has 5 heteroatoms. The summed E-state index contributed by atoms with van der Waals surface area (Å²) in [6.45, 7) is 12.9. The Balaban J connectivity index is 1.80. The van der Waals surface area contributed by atoms with E-state index in [0.29, 0.717) is 0 Å². The number of ether oxygens (including phenoxy) is 1. The minimum atomic E-state index is 0.836. The molecule has 1 aliphatic heterocycles. The normalized spacial score (nSPS) is 17.8. The molecule has 1 aliphatic rings. The fraction of sp³-hybridized carbons (Fsp3) is 0.800. The molecule has 1 saturated heterocycles. The van der Waals surface area contributed by atoms with E-state index in [2.05, 4.69) is 33.4 Å². The minimum Gasteiger partial charge on any atom is -0.383 e. The third-order valence-corrected chi connectivity index (χ3v) is 4.11. The predicted octanol–water partition coefficient (Wildman–Crippen LogP) is 1.37. The van der Waals surface area contributed by atoms with Gasteiger partial charge in [0, 0.05) is 64.2 Å². The summed E-state index contributed by atoms with van der Waals surface area (Å²) in [5.74, 6) is 0. The lowest BCUT2D eigenvalue weighted by Crippen LogP contribution is -2.46. The molecule has 1 aromatic heterocycles. The topological polar surface area (TPSA) is 33.5 Å². The lowest BCUT2D eigenvalue weighted by Gasteiger charge is -2.34. The first-order chi connectivity index (χ1) is 9.74. The molecule has 0 saturated carbocycles. The highest BCUT2D eigenvalue weighted by Crippen LogP contribution is 2.13. The van der Waals surface area contributed by atoms with Crippen LogP contribution in [0, 0.1) is 6.92 Å². The Morgan fingerprint density at radius 2 is 1.85 bits per heavy atom. The van der Waals surface area contributed by atoms with Gasteiger partial charge in [0.1, 0.15) is 0 Å². The number of piperazine rings is 1. The molecule has 1 fully saturated rings. The van der Waals surface area contributed by atoms with E-state index in [4.69, 9.17) is 4.74 Å². The zero-order valence-electron chi connectivity index (χ0n) is 13.1. The van der Waals surface area contributed by atoms with E-state index < -0.39 is 0 Å². The van der Waals surface area contributed by atoms with E-state index in [1.54, 1.807) is 7.11 Å². The van der Waals surface area contributed by atoms with Gasteiger partial charge in [-0.3, -0.25) is 14.5 Å². The molecule has 2 rings (SSSR count). The van der Waals surface area contributed by atoms with E-state index in [1.807, 2.05) is 6.20 Å². The van der Waals surface area contributed by atoms with E-state index in [1.165, 1.54) is 11.3 Å². The van der Waals surface area contributed by atoms with Crippen LogP contribution in [0.2, 0.25) is 0 Å². The number of aryl methyl sites for hydroxylation is 1. The Morgan fingerprint density at radius 3 is 2.50 bits per heavy atom. The standard InChI is InChI=1S/C15H28N4O/c1-4-5-19-14(2)15(12-16-19)13-18-8-6-17(7-9-18)10-11-20-3/h12H,4-11,13H2,1-3H3. The first-order valence-corrected chi connectivity index (χ1v) is 7.69. The van der Waals surface area contributed by atoms with E-state index in [9.17, 15) is 0 Å². The summed E-state index contributed by atoms with van der Waals surface area (Å²) >= 11 is 0. The van der Waals surface area contributed by atoms with Crippen molar-refractivity contribution in [2.45, 2.75) is 33.4 Å². The van der Waals surface area contributed by atoms with Crippen LogP contribution in [0.4, 0.5) is 0 Å². The van der Waals surface area contributed by atoms with Gasteiger partial charge >= 0.3 is 0 Å². The van der Waals surface area contributed by atoms with Crippen molar-refractivity contribution in [3.05, 3.63) is 17.5 Å². The second-order valence-corrected chi connectivity index (χ2v) is 5.59. The fourth-order valence-electron chi connectivity index (χ4n) is 2.71. The Kier molecular flexibility index (Phi) is 6.01. The average molecular weight is 280 g/mol. The van der Waals surface area contributed by atoms with Crippen LogP contribution in [0.1, 0.15) is 24.6 Å². The van der Waals surface area contributed by atoms with Gasteiger partial charge in [0.2, 0.25) is 0 Å². The number of nitrogens with zero attached hydrogens (tertiary/aromatic N) is 4. The number of methoxy groups -OCH3 is 1. The molecule has 114 valence electrons. The van der Waals surface area contributed by atoms with Crippen molar-refractivity contribution in [1.82, 2.24) is 19.6 Å². The average Bonchev–Trinajstić information content (AvgIpc) is 2.80. The summed E-state index contributed by atoms with van der Waals surface area (Å²) in [6, 6.07) is 0. The maximum Gasteiger partial charge on any atom is 0.0589 e. The summed E-state index contributed by atoms with van der Waals surface area (Å²) in [5, 5.41) is 4.49. The number of hydrogen-bond acceptors (Lipinski definition) is 4. The number of hydrogen-bond donors (Lipinski definition) is 0. The summed E-state index contributed by atoms with van der Waals surface area (Å²) in [7, 11) is 1.77. The van der Waals surface area contributed by atoms with Crippen molar-refractivity contribution in [2.24, 2.45) is 0 Å².